The highest BCUT2D eigenvalue weighted by atomic mass is 19.1. The van der Waals surface area contributed by atoms with E-state index in [2.05, 4.69) is 5.32 Å². The molecule has 1 atom stereocenters. The Morgan fingerprint density at radius 2 is 1.80 bits per heavy atom. The molecule has 20 heavy (non-hydrogen) atoms. The highest BCUT2D eigenvalue weighted by molar-refractivity contribution is 5.47. The lowest BCUT2D eigenvalue weighted by Crippen LogP contribution is -2.14. The maximum absolute atomic E-state index is 13.5. The van der Waals surface area contributed by atoms with E-state index in [0.717, 1.165) is 11.6 Å². The molecule has 2 aromatic carbocycles. The number of aryl methyl sites for hydroxylation is 1. The van der Waals surface area contributed by atoms with E-state index in [1.807, 2.05) is 0 Å². The number of halogens is 3. The Balaban J connectivity index is 2.08. The lowest BCUT2D eigenvalue weighted by atomic mass is 10.1. The molecular formula is C15H14F3NO. The number of benzene rings is 2. The summed E-state index contributed by atoms with van der Waals surface area (Å²) in [6.45, 7) is 1.73. The second-order valence-electron chi connectivity index (χ2n) is 4.55. The van der Waals surface area contributed by atoms with Gasteiger partial charge in [-0.05, 0) is 30.7 Å². The van der Waals surface area contributed by atoms with E-state index in [4.69, 9.17) is 0 Å². The fraction of sp³-hybridized carbons (Fsp3) is 0.200. The van der Waals surface area contributed by atoms with Crippen LogP contribution in [0.3, 0.4) is 0 Å². The van der Waals surface area contributed by atoms with Crippen LogP contribution < -0.4 is 5.32 Å². The molecule has 2 nitrogen and oxygen atoms in total. The van der Waals surface area contributed by atoms with Crippen LogP contribution in [0.4, 0.5) is 18.9 Å². The van der Waals surface area contributed by atoms with Gasteiger partial charge in [0.1, 0.15) is 17.5 Å². The van der Waals surface area contributed by atoms with Gasteiger partial charge >= 0.3 is 0 Å². The highest BCUT2D eigenvalue weighted by Crippen LogP contribution is 2.20. The zero-order valence-electron chi connectivity index (χ0n) is 10.8. The van der Waals surface area contributed by atoms with Crippen LogP contribution in [0.5, 0.6) is 0 Å². The number of nitrogens with one attached hydrogen (secondary N) is 1. The van der Waals surface area contributed by atoms with Crippen LogP contribution in [-0.4, -0.2) is 11.7 Å². The summed E-state index contributed by atoms with van der Waals surface area (Å²) in [6.07, 6.45) is -1.20. The second-order valence-corrected chi connectivity index (χ2v) is 4.55. The molecule has 0 radical (unpaired) electrons. The number of aliphatic hydroxyl groups is 1. The number of hydrogen-bond donors (Lipinski definition) is 2. The van der Waals surface area contributed by atoms with Crippen molar-refractivity contribution in [3.8, 4) is 0 Å². The maximum Gasteiger partial charge on any atom is 0.146 e. The van der Waals surface area contributed by atoms with Crippen LogP contribution in [0, 0.1) is 24.4 Å². The molecule has 5 heteroatoms. The van der Waals surface area contributed by atoms with Crippen LogP contribution in [-0.2, 0) is 0 Å². The smallest absolute Gasteiger partial charge is 0.146 e. The van der Waals surface area contributed by atoms with Gasteiger partial charge in [0.25, 0.3) is 0 Å². The Morgan fingerprint density at radius 3 is 2.50 bits per heavy atom. The van der Waals surface area contributed by atoms with Crippen LogP contribution in [0.15, 0.2) is 36.4 Å². The molecule has 0 aliphatic carbocycles. The molecule has 0 spiro atoms. The van der Waals surface area contributed by atoms with Crippen LogP contribution in [0.2, 0.25) is 0 Å². The van der Waals surface area contributed by atoms with Gasteiger partial charge in [0.2, 0.25) is 0 Å². The van der Waals surface area contributed by atoms with Gasteiger partial charge in [-0.25, -0.2) is 13.2 Å². The first-order valence-electron chi connectivity index (χ1n) is 6.10. The van der Waals surface area contributed by atoms with E-state index in [-0.39, 0.29) is 17.8 Å². The van der Waals surface area contributed by atoms with Crippen molar-refractivity contribution in [1.82, 2.24) is 0 Å². The van der Waals surface area contributed by atoms with Gasteiger partial charge in [-0.1, -0.05) is 12.1 Å². The summed E-state index contributed by atoms with van der Waals surface area (Å²) in [6, 6.07) is 7.45. The van der Waals surface area contributed by atoms with Crippen molar-refractivity contribution >= 4 is 5.69 Å². The SMILES string of the molecule is Cc1ccc(F)c(NCC(O)c2ccc(F)cc2F)c1. The Morgan fingerprint density at radius 1 is 1.05 bits per heavy atom. The van der Waals surface area contributed by atoms with Crippen molar-refractivity contribution in [2.75, 3.05) is 11.9 Å². The van der Waals surface area contributed by atoms with Crippen molar-refractivity contribution in [3.05, 3.63) is 65.0 Å². The molecule has 0 amide bonds. The predicted molar refractivity (Wildman–Crippen MR) is 70.9 cm³/mol. The maximum atomic E-state index is 13.5. The second kappa shape index (κ2) is 5.96. The fourth-order valence-electron chi connectivity index (χ4n) is 1.86. The minimum atomic E-state index is -1.20. The van der Waals surface area contributed by atoms with E-state index in [9.17, 15) is 18.3 Å². The third-order valence-electron chi connectivity index (χ3n) is 2.93. The van der Waals surface area contributed by atoms with Crippen molar-refractivity contribution in [2.24, 2.45) is 0 Å². The molecule has 0 aliphatic heterocycles. The third kappa shape index (κ3) is 3.30. The van der Waals surface area contributed by atoms with E-state index >= 15 is 0 Å². The van der Waals surface area contributed by atoms with Gasteiger partial charge in [0.15, 0.2) is 0 Å². The van der Waals surface area contributed by atoms with Gasteiger partial charge in [-0.3, -0.25) is 0 Å². The molecular weight excluding hydrogens is 267 g/mol. The van der Waals surface area contributed by atoms with Gasteiger partial charge in [0, 0.05) is 18.2 Å². The first kappa shape index (κ1) is 14.4. The van der Waals surface area contributed by atoms with Crippen LogP contribution in [0.25, 0.3) is 0 Å². The molecule has 106 valence electrons. The zero-order chi connectivity index (χ0) is 14.7. The lowest BCUT2D eigenvalue weighted by Gasteiger charge is -2.14. The topological polar surface area (TPSA) is 32.3 Å². The van der Waals surface area contributed by atoms with Crippen LogP contribution >= 0.6 is 0 Å². The minimum absolute atomic E-state index is 0.0352. The van der Waals surface area contributed by atoms with Crippen molar-refractivity contribution in [3.63, 3.8) is 0 Å². The normalized spacial score (nSPS) is 12.2. The number of aliphatic hydroxyl groups excluding tert-OH is 1. The minimum Gasteiger partial charge on any atom is -0.386 e. The number of anilines is 1. The third-order valence-corrected chi connectivity index (χ3v) is 2.93. The molecule has 0 heterocycles. The summed E-state index contributed by atoms with van der Waals surface area (Å²) in [5.41, 5.74) is 1.05. The van der Waals surface area contributed by atoms with Crippen molar-refractivity contribution < 1.29 is 18.3 Å². The molecule has 0 fully saturated rings. The summed E-state index contributed by atoms with van der Waals surface area (Å²) < 4.78 is 39.7. The summed E-state index contributed by atoms with van der Waals surface area (Å²) in [5, 5.41) is 12.6. The van der Waals surface area contributed by atoms with E-state index in [1.54, 1.807) is 19.1 Å². The summed E-state index contributed by atoms with van der Waals surface area (Å²) in [7, 11) is 0. The van der Waals surface area contributed by atoms with Gasteiger partial charge in [0.05, 0.1) is 11.8 Å². The summed E-state index contributed by atoms with van der Waals surface area (Å²) in [5.74, 6) is -2.00. The molecule has 2 N–H and O–H groups in total. The van der Waals surface area contributed by atoms with Crippen molar-refractivity contribution in [2.45, 2.75) is 13.0 Å². The fourth-order valence-corrected chi connectivity index (χ4v) is 1.86. The first-order valence-corrected chi connectivity index (χ1v) is 6.10. The lowest BCUT2D eigenvalue weighted by molar-refractivity contribution is 0.186. The largest absolute Gasteiger partial charge is 0.386 e. The Labute approximate surface area is 114 Å². The zero-order valence-corrected chi connectivity index (χ0v) is 10.8. The quantitative estimate of drug-likeness (QED) is 0.898. The Bertz CT molecular complexity index is 616. The van der Waals surface area contributed by atoms with Crippen LogP contribution in [0.1, 0.15) is 17.2 Å². The molecule has 1 unspecified atom stereocenters. The van der Waals surface area contributed by atoms with E-state index < -0.39 is 23.6 Å². The number of rotatable bonds is 4. The average molecular weight is 281 g/mol. The molecule has 0 saturated carbocycles. The van der Waals surface area contributed by atoms with Gasteiger partial charge in [-0.15, -0.1) is 0 Å². The van der Waals surface area contributed by atoms with E-state index in [0.29, 0.717) is 6.07 Å². The molecule has 0 bridgehead atoms. The Kier molecular flexibility index (Phi) is 4.29. The van der Waals surface area contributed by atoms with Crippen molar-refractivity contribution in [1.29, 1.82) is 0 Å². The summed E-state index contributed by atoms with van der Waals surface area (Å²) >= 11 is 0. The monoisotopic (exact) mass is 281 g/mol. The highest BCUT2D eigenvalue weighted by Gasteiger charge is 2.14. The predicted octanol–water partition coefficient (Wildman–Crippen LogP) is 3.56. The van der Waals surface area contributed by atoms with Gasteiger partial charge < -0.3 is 10.4 Å². The molecule has 2 aromatic rings. The molecule has 0 saturated heterocycles. The Hall–Kier alpha value is -2.01. The first-order chi connectivity index (χ1) is 9.47. The number of hydrogen-bond acceptors (Lipinski definition) is 2. The molecule has 0 aromatic heterocycles. The van der Waals surface area contributed by atoms with E-state index in [1.165, 1.54) is 12.1 Å². The molecule has 2 rings (SSSR count). The van der Waals surface area contributed by atoms with Gasteiger partial charge in [-0.2, -0.15) is 0 Å². The summed E-state index contributed by atoms with van der Waals surface area (Å²) in [4.78, 5) is 0. The molecule has 0 aliphatic rings. The average Bonchev–Trinajstić information content (AvgIpc) is 2.39. The standard InChI is InChI=1S/C15H14F3NO/c1-9-2-5-12(17)14(6-9)19-8-15(20)11-4-3-10(16)7-13(11)18/h2-7,15,19-20H,8H2,1H3.